The molecule has 1 N–H and O–H groups in total. The van der Waals surface area contributed by atoms with Gasteiger partial charge in [-0.1, -0.05) is 20.8 Å². The fraction of sp³-hybridized carbons (Fsp3) is 0.571. The first kappa shape index (κ1) is 17.2. The van der Waals surface area contributed by atoms with Gasteiger partial charge in [-0.3, -0.25) is 4.98 Å². The van der Waals surface area contributed by atoms with E-state index in [-0.39, 0.29) is 4.75 Å². The molecule has 6 heteroatoms. The van der Waals surface area contributed by atoms with Gasteiger partial charge in [0.1, 0.15) is 0 Å². The number of nitrogens with zero attached hydrogens (tertiary/aromatic N) is 2. The summed E-state index contributed by atoms with van der Waals surface area (Å²) in [4.78, 5) is 17.6. The Hall–Kier alpha value is -0.880. The zero-order valence-electron chi connectivity index (χ0n) is 12.4. The Morgan fingerprint density at radius 1 is 1.45 bits per heavy atom. The summed E-state index contributed by atoms with van der Waals surface area (Å²) < 4.78 is 0.159. The Bertz CT molecular complexity index is 447. The quantitative estimate of drug-likeness (QED) is 0.639. The molecule has 0 saturated heterocycles. The fourth-order valence-electron chi connectivity index (χ4n) is 1.42. The lowest BCUT2D eigenvalue weighted by Crippen LogP contribution is -2.26. The van der Waals surface area contributed by atoms with E-state index >= 15 is 0 Å². The van der Waals surface area contributed by atoms with Gasteiger partial charge in [0.15, 0.2) is 0 Å². The van der Waals surface area contributed by atoms with Gasteiger partial charge in [-0.25, -0.2) is 4.79 Å². The van der Waals surface area contributed by atoms with Crippen LogP contribution >= 0.6 is 23.5 Å². The van der Waals surface area contributed by atoms with E-state index in [1.165, 1.54) is 9.80 Å². The second kappa shape index (κ2) is 7.78. The van der Waals surface area contributed by atoms with Gasteiger partial charge in [0.25, 0.3) is 0 Å². The van der Waals surface area contributed by atoms with Crippen LogP contribution in [0.2, 0.25) is 0 Å². The second-order valence-electron chi connectivity index (χ2n) is 5.42. The van der Waals surface area contributed by atoms with Crippen molar-refractivity contribution >= 4 is 29.6 Å². The van der Waals surface area contributed by atoms with Crippen molar-refractivity contribution in [1.82, 2.24) is 9.88 Å². The maximum absolute atomic E-state index is 10.7. The first-order valence-corrected chi connectivity index (χ1v) is 8.41. The summed E-state index contributed by atoms with van der Waals surface area (Å²) in [5, 5.41) is 8.77. The van der Waals surface area contributed by atoms with Gasteiger partial charge in [0.05, 0.1) is 5.69 Å². The third-order valence-electron chi connectivity index (χ3n) is 2.40. The maximum Gasteiger partial charge on any atom is 0.407 e. The number of amides is 1. The monoisotopic (exact) mass is 314 g/mol. The zero-order chi connectivity index (χ0) is 15.2. The van der Waals surface area contributed by atoms with Crippen LogP contribution < -0.4 is 0 Å². The van der Waals surface area contributed by atoms with Crippen LogP contribution in [0.15, 0.2) is 23.2 Å². The van der Waals surface area contributed by atoms with E-state index in [2.05, 4.69) is 31.8 Å². The molecule has 0 spiro atoms. The lowest BCUT2D eigenvalue weighted by atomic mass is 10.3. The second-order valence-corrected chi connectivity index (χ2v) is 8.39. The predicted molar refractivity (Wildman–Crippen MR) is 86.7 cm³/mol. The number of carbonyl (C=O) groups is 1. The number of pyridine rings is 1. The third kappa shape index (κ3) is 6.52. The minimum absolute atomic E-state index is 0.159. The lowest BCUT2D eigenvalue weighted by Gasteiger charge is -2.19. The number of hydrogen-bond acceptors (Lipinski definition) is 4. The first-order valence-electron chi connectivity index (χ1n) is 6.44. The minimum atomic E-state index is -0.882. The van der Waals surface area contributed by atoms with E-state index in [0.29, 0.717) is 6.54 Å². The molecule has 4 nitrogen and oxygen atoms in total. The average Bonchev–Trinajstić information content (AvgIpc) is 2.34. The van der Waals surface area contributed by atoms with Crippen molar-refractivity contribution in [3.05, 3.63) is 24.0 Å². The normalized spacial score (nSPS) is 11.4. The number of hydrogen-bond donors (Lipinski definition) is 1. The summed E-state index contributed by atoms with van der Waals surface area (Å²) in [7, 11) is 1.59. The van der Waals surface area contributed by atoms with Gasteiger partial charge >= 0.3 is 6.09 Å². The lowest BCUT2D eigenvalue weighted by molar-refractivity contribution is 0.158. The number of carboxylic acid groups (broad SMARTS) is 1. The molecule has 0 unspecified atom stereocenters. The Balaban J connectivity index is 2.50. The highest BCUT2D eigenvalue weighted by molar-refractivity contribution is 8.01. The van der Waals surface area contributed by atoms with E-state index < -0.39 is 6.09 Å². The fourth-order valence-corrected chi connectivity index (χ4v) is 3.53. The molecule has 1 amide bonds. The summed E-state index contributed by atoms with van der Waals surface area (Å²) in [6.07, 6.45) is 0.929. The van der Waals surface area contributed by atoms with E-state index in [4.69, 9.17) is 5.11 Å². The first-order chi connectivity index (χ1) is 9.29. The summed E-state index contributed by atoms with van der Waals surface area (Å²) in [5.74, 6) is 1.59. The zero-order valence-corrected chi connectivity index (χ0v) is 14.1. The minimum Gasteiger partial charge on any atom is -0.465 e. The largest absolute Gasteiger partial charge is 0.465 e. The average molecular weight is 314 g/mol. The molecule has 20 heavy (non-hydrogen) atoms. The van der Waals surface area contributed by atoms with Crippen LogP contribution in [-0.2, 0) is 5.75 Å². The molecule has 1 aromatic heterocycles. The van der Waals surface area contributed by atoms with E-state index in [1.54, 1.807) is 18.8 Å². The molecule has 0 saturated carbocycles. The molecule has 1 heterocycles. The van der Waals surface area contributed by atoms with Crippen molar-refractivity contribution in [1.29, 1.82) is 0 Å². The molecular weight excluding hydrogens is 292 g/mol. The molecule has 1 rings (SSSR count). The molecule has 0 aliphatic heterocycles. The Kier molecular flexibility index (Phi) is 6.68. The molecule has 0 aliphatic rings. The van der Waals surface area contributed by atoms with Crippen molar-refractivity contribution in [2.24, 2.45) is 0 Å². The highest BCUT2D eigenvalue weighted by atomic mass is 32.2. The Morgan fingerprint density at radius 3 is 2.75 bits per heavy atom. The van der Waals surface area contributed by atoms with Crippen LogP contribution in [0.4, 0.5) is 4.79 Å². The summed E-state index contributed by atoms with van der Waals surface area (Å²) in [6, 6.07) is 4.06. The smallest absolute Gasteiger partial charge is 0.407 e. The Labute approximate surface area is 129 Å². The SMILES string of the molecule is CN(CCSCc1ncccc1SC(C)(C)C)C(=O)O. The van der Waals surface area contributed by atoms with Gasteiger partial charge in [-0.2, -0.15) is 11.8 Å². The molecule has 0 aliphatic carbocycles. The van der Waals surface area contributed by atoms with Gasteiger partial charge in [0.2, 0.25) is 0 Å². The van der Waals surface area contributed by atoms with Crippen molar-refractivity contribution in [3.8, 4) is 0 Å². The number of rotatable bonds is 6. The van der Waals surface area contributed by atoms with Crippen LogP contribution in [0.25, 0.3) is 0 Å². The van der Waals surface area contributed by atoms with E-state index in [9.17, 15) is 4.79 Å². The molecule has 0 fully saturated rings. The summed E-state index contributed by atoms with van der Waals surface area (Å²) >= 11 is 3.53. The maximum atomic E-state index is 10.7. The van der Waals surface area contributed by atoms with Gasteiger partial charge in [-0.15, -0.1) is 11.8 Å². The van der Waals surface area contributed by atoms with Gasteiger partial charge < -0.3 is 10.0 Å². The molecule has 112 valence electrons. The highest BCUT2D eigenvalue weighted by Crippen LogP contribution is 2.34. The molecule has 0 bridgehead atoms. The standard InChI is InChI=1S/C14H22N2O2S2/c1-14(2,3)20-12-6-5-7-15-11(12)10-19-9-8-16(4)13(17)18/h5-7H,8-10H2,1-4H3,(H,17,18). The van der Waals surface area contributed by atoms with Crippen LogP contribution in [-0.4, -0.2) is 45.2 Å². The van der Waals surface area contributed by atoms with Crippen LogP contribution in [0.5, 0.6) is 0 Å². The number of thioether (sulfide) groups is 2. The third-order valence-corrected chi connectivity index (χ3v) is 4.55. The van der Waals surface area contributed by atoms with Crippen LogP contribution in [0, 0.1) is 0 Å². The molecule has 0 radical (unpaired) electrons. The van der Waals surface area contributed by atoms with Crippen molar-refractivity contribution < 1.29 is 9.90 Å². The van der Waals surface area contributed by atoms with Gasteiger partial charge in [-0.05, 0) is 12.1 Å². The predicted octanol–water partition coefficient (Wildman–Crippen LogP) is 3.82. The summed E-state index contributed by atoms with van der Waals surface area (Å²) in [6.45, 7) is 7.09. The van der Waals surface area contributed by atoms with Crippen LogP contribution in [0.1, 0.15) is 26.5 Å². The van der Waals surface area contributed by atoms with E-state index in [1.807, 2.05) is 24.0 Å². The molecule has 1 aromatic rings. The molecule has 0 aromatic carbocycles. The summed E-state index contributed by atoms with van der Waals surface area (Å²) in [5.41, 5.74) is 1.08. The molecular formula is C14H22N2O2S2. The Morgan fingerprint density at radius 2 is 2.15 bits per heavy atom. The van der Waals surface area contributed by atoms with Crippen molar-refractivity contribution in [2.45, 2.75) is 36.2 Å². The number of aromatic nitrogens is 1. The highest BCUT2D eigenvalue weighted by Gasteiger charge is 2.15. The van der Waals surface area contributed by atoms with Crippen molar-refractivity contribution in [2.75, 3.05) is 19.3 Å². The topological polar surface area (TPSA) is 53.4 Å². The molecule has 0 atom stereocenters. The van der Waals surface area contributed by atoms with Crippen LogP contribution in [0.3, 0.4) is 0 Å². The van der Waals surface area contributed by atoms with E-state index in [0.717, 1.165) is 17.2 Å². The van der Waals surface area contributed by atoms with Gasteiger partial charge in [0, 0.05) is 40.9 Å². The van der Waals surface area contributed by atoms with Crippen molar-refractivity contribution in [3.63, 3.8) is 0 Å².